The van der Waals surface area contributed by atoms with Crippen molar-refractivity contribution in [3.05, 3.63) is 20.3 Å². The van der Waals surface area contributed by atoms with Crippen molar-refractivity contribution in [2.24, 2.45) is 0 Å². The number of rotatable bonds is 1. The third kappa shape index (κ3) is 2.08. The van der Waals surface area contributed by atoms with Gasteiger partial charge in [0, 0.05) is 14.1 Å². The molecule has 68 valence electrons. The molecule has 1 aromatic rings. The summed E-state index contributed by atoms with van der Waals surface area (Å²) < 4.78 is 0.880. The van der Waals surface area contributed by atoms with Crippen molar-refractivity contribution in [2.45, 2.75) is 0 Å². The van der Waals surface area contributed by atoms with E-state index in [1.54, 1.807) is 25.1 Å². The molecule has 0 aliphatic rings. The number of hydrogen-bond donors (Lipinski definition) is 1. The van der Waals surface area contributed by atoms with Crippen molar-refractivity contribution in [1.82, 2.24) is 4.90 Å². The van der Waals surface area contributed by atoms with Gasteiger partial charge in [0.25, 0.3) is 0 Å². The maximum atomic E-state index is 8.78. The Balaban J connectivity index is 3.15. The van der Waals surface area contributed by atoms with Gasteiger partial charge in [-0.3, -0.25) is 5.41 Å². The van der Waals surface area contributed by atoms with Gasteiger partial charge in [-0.1, -0.05) is 0 Å². The van der Waals surface area contributed by atoms with E-state index in [4.69, 9.17) is 10.7 Å². The quantitative estimate of drug-likeness (QED) is 0.620. The van der Waals surface area contributed by atoms with Gasteiger partial charge in [-0.15, -0.1) is 11.3 Å². The second-order valence-corrected chi connectivity index (χ2v) is 5.08. The third-order valence-corrected chi connectivity index (χ3v) is 3.13. The van der Waals surface area contributed by atoms with Crippen LogP contribution in [-0.4, -0.2) is 24.8 Å². The summed E-state index contributed by atoms with van der Waals surface area (Å²) in [7, 11) is 3.58. The Kier molecular flexibility index (Phi) is 3.07. The summed E-state index contributed by atoms with van der Waals surface area (Å²) in [5.41, 5.74) is 0.551. The molecule has 1 N–H and O–H groups in total. The monoisotopic (exact) mass is 257 g/mol. The van der Waals surface area contributed by atoms with Crippen molar-refractivity contribution in [3.63, 3.8) is 0 Å². The van der Waals surface area contributed by atoms with Crippen LogP contribution in [0.4, 0.5) is 0 Å². The Morgan fingerprint density at radius 1 is 1.69 bits per heavy atom. The second kappa shape index (κ2) is 3.90. The minimum atomic E-state index is 0.368. The minimum Gasteiger partial charge on any atom is -0.362 e. The average Bonchev–Trinajstić information content (AvgIpc) is 2.45. The molecule has 0 atom stereocenters. The fourth-order valence-electron chi connectivity index (χ4n) is 0.823. The normalized spacial score (nSPS) is 9.38. The predicted octanol–water partition coefficient (Wildman–Crippen LogP) is 2.27. The van der Waals surface area contributed by atoms with Crippen LogP contribution < -0.4 is 0 Å². The molecular weight excluding hydrogens is 250 g/mol. The van der Waals surface area contributed by atoms with Gasteiger partial charge in [0.1, 0.15) is 11.9 Å². The van der Waals surface area contributed by atoms with Crippen molar-refractivity contribution < 1.29 is 0 Å². The molecule has 3 nitrogen and oxygen atoms in total. The number of hydrogen-bond acceptors (Lipinski definition) is 3. The van der Waals surface area contributed by atoms with Gasteiger partial charge >= 0.3 is 0 Å². The third-order valence-electron chi connectivity index (χ3n) is 1.48. The van der Waals surface area contributed by atoms with Crippen LogP contribution in [-0.2, 0) is 0 Å². The molecule has 0 fully saturated rings. The maximum absolute atomic E-state index is 8.78. The number of thiophene rings is 1. The van der Waals surface area contributed by atoms with Crippen LogP contribution in [0.15, 0.2) is 9.85 Å². The fraction of sp³-hybridized carbons (Fsp3) is 0.250. The Bertz CT molecular complexity index is 375. The molecule has 13 heavy (non-hydrogen) atoms. The Morgan fingerprint density at radius 2 is 2.31 bits per heavy atom. The zero-order valence-electron chi connectivity index (χ0n) is 7.26. The molecule has 0 aliphatic carbocycles. The molecule has 0 saturated carbocycles. The lowest BCUT2D eigenvalue weighted by atomic mass is 10.2. The highest BCUT2D eigenvalue weighted by Crippen LogP contribution is 2.27. The van der Waals surface area contributed by atoms with Crippen LogP contribution in [0.3, 0.4) is 0 Å². The molecule has 1 rings (SSSR count). The van der Waals surface area contributed by atoms with E-state index in [1.807, 2.05) is 0 Å². The first-order chi connectivity index (χ1) is 6.06. The SMILES string of the molecule is CN(C)C(=N)c1sc(Br)cc1C#N. The first kappa shape index (κ1) is 10.2. The highest BCUT2D eigenvalue weighted by Gasteiger charge is 2.13. The molecule has 0 spiro atoms. The smallest absolute Gasteiger partial charge is 0.139 e. The number of nitrogens with zero attached hydrogens (tertiary/aromatic N) is 2. The number of nitriles is 1. The molecule has 0 aliphatic heterocycles. The molecule has 0 aromatic carbocycles. The van der Waals surface area contributed by atoms with Crippen LogP contribution in [0, 0.1) is 16.7 Å². The van der Waals surface area contributed by atoms with Gasteiger partial charge in [-0.25, -0.2) is 0 Å². The van der Waals surface area contributed by atoms with Crippen LogP contribution in [0.25, 0.3) is 0 Å². The first-order valence-electron chi connectivity index (χ1n) is 3.52. The minimum absolute atomic E-state index is 0.368. The molecule has 5 heteroatoms. The lowest BCUT2D eigenvalue weighted by Gasteiger charge is -2.11. The number of nitrogens with one attached hydrogen (secondary N) is 1. The molecule has 0 amide bonds. The fourth-order valence-corrected chi connectivity index (χ4v) is 2.40. The van der Waals surface area contributed by atoms with Gasteiger partial charge in [-0.2, -0.15) is 5.26 Å². The van der Waals surface area contributed by atoms with Crippen molar-refractivity contribution in [1.29, 1.82) is 10.7 Å². The van der Waals surface area contributed by atoms with E-state index in [0.29, 0.717) is 16.3 Å². The number of halogens is 1. The summed E-state index contributed by atoms with van der Waals surface area (Å²) in [4.78, 5) is 2.39. The Morgan fingerprint density at radius 3 is 2.77 bits per heavy atom. The maximum Gasteiger partial charge on any atom is 0.139 e. The van der Waals surface area contributed by atoms with Crippen LogP contribution >= 0.6 is 27.3 Å². The van der Waals surface area contributed by atoms with E-state index >= 15 is 0 Å². The molecule has 0 saturated heterocycles. The zero-order chi connectivity index (χ0) is 10.0. The highest BCUT2D eigenvalue weighted by molar-refractivity contribution is 9.11. The predicted molar refractivity (Wildman–Crippen MR) is 57.2 cm³/mol. The van der Waals surface area contributed by atoms with Crippen molar-refractivity contribution in [2.75, 3.05) is 14.1 Å². The molecular formula is C8H8BrN3S. The topological polar surface area (TPSA) is 50.9 Å². The van der Waals surface area contributed by atoms with E-state index in [9.17, 15) is 0 Å². The molecule has 0 bridgehead atoms. The first-order valence-corrected chi connectivity index (χ1v) is 5.13. The van der Waals surface area contributed by atoms with Gasteiger partial charge in [0.05, 0.1) is 14.2 Å². The van der Waals surface area contributed by atoms with Crippen LogP contribution in [0.1, 0.15) is 10.4 Å². The zero-order valence-corrected chi connectivity index (χ0v) is 9.66. The molecule has 0 unspecified atom stereocenters. The van der Waals surface area contributed by atoms with E-state index in [2.05, 4.69) is 22.0 Å². The largest absolute Gasteiger partial charge is 0.362 e. The summed E-state index contributed by atoms with van der Waals surface area (Å²) in [6.07, 6.45) is 0. The molecule has 0 radical (unpaired) electrons. The Labute approximate surface area is 89.2 Å². The summed E-state index contributed by atoms with van der Waals surface area (Å²) in [5.74, 6) is 0.368. The second-order valence-electron chi connectivity index (χ2n) is 2.65. The highest BCUT2D eigenvalue weighted by atomic mass is 79.9. The summed E-state index contributed by atoms with van der Waals surface area (Å²) in [5, 5.41) is 16.5. The molecule has 1 aromatic heterocycles. The van der Waals surface area contributed by atoms with Gasteiger partial charge < -0.3 is 4.90 Å². The van der Waals surface area contributed by atoms with Crippen LogP contribution in [0.2, 0.25) is 0 Å². The van der Waals surface area contributed by atoms with Crippen molar-refractivity contribution in [3.8, 4) is 6.07 Å². The summed E-state index contributed by atoms with van der Waals surface area (Å²) in [6.45, 7) is 0. The summed E-state index contributed by atoms with van der Waals surface area (Å²) in [6, 6.07) is 3.80. The van der Waals surface area contributed by atoms with Gasteiger partial charge in [-0.05, 0) is 22.0 Å². The van der Waals surface area contributed by atoms with Crippen LogP contribution in [0.5, 0.6) is 0 Å². The standard InChI is InChI=1S/C8H8BrN3S/c1-12(2)8(11)7-5(4-10)3-6(9)13-7/h3,11H,1-2H3. The van der Waals surface area contributed by atoms with E-state index in [1.165, 1.54) is 11.3 Å². The van der Waals surface area contributed by atoms with E-state index in [0.717, 1.165) is 3.79 Å². The number of amidine groups is 1. The Hall–Kier alpha value is -0.860. The van der Waals surface area contributed by atoms with E-state index < -0.39 is 0 Å². The summed E-state index contributed by atoms with van der Waals surface area (Å²) >= 11 is 4.70. The van der Waals surface area contributed by atoms with Gasteiger partial charge in [0.15, 0.2) is 0 Å². The van der Waals surface area contributed by atoms with E-state index in [-0.39, 0.29) is 0 Å². The van der Waals surface area contributed by atoms with Gasteiger partial charge in [0.2, 0.25) is 0 Å². The van der Waals surface area contributed by atoms with Crippen molar-refractivity contribution >= 4 is 33.1 Å². The lowest BCUT2D eigenvalue weighted by Crippen LogP contribution is -2.21. The lowest BCUT2D eigenvalue weighted by molar-refractivity contribution is 0.620. The molecule has 1 heterocycles. The average molecular weight is 258 g/mol.